The van der Waals surface area contributed by atoms with E-state index in [2.05, 4.69) is 0 Å². The molecule has 0 amide bonds. The van der Waals surface area contributed by atoms with E-state index >= 15 is 0 Å². The molecule has 1 aliphatic carbocycles. The predicted octanol–water partition coefficient (Wildman–Crippen LogP) is 1.05. The van der Waals surface area contributed by atoms with Gasteiger partial charge in [0.15, 0.2) is 0 Å². The minimum atomic E-state index is -3.25. The highest BCUT2D eigenvalue weighted by Gasteiger charge is 2.53. The molecule has 1 saturated carbocycles. The van der Waals surface area contributed by atoms with Crippen molar-refractivity contribution < 1.29 is 18.3 Å². The van der Waals surface area contributed by atoms with E-state index < -0.39 is 21.9 Å². The molecule has 2 saturated heterocycles. The third kappa shape index (κ3) is 2.05. The number of carbonyl (C=O) groups is 1. The fourth-order valence-corrected chi connectivity index (χ4v) is 5.62. The van der Waals surface area contributed by atoms with Gasteiger partial charge in [0.25, 0.3) is 0 Å². The molecule has 5 nitrogen and oxygen atoms in total. The molecule has 2 aliphatic heterocycles. The van der Waals surface area contributed by atoms with Gasteiger partial charge < -0.3 is 5.11 Å². The third-order valence-electron chi connectivity index (χ3n) is 4.59. The minimum absolute atomic E-state index is 0.0553. The van der Waals surface area contributed by atoms with E-state index in [1.807, 2.05) is 0 Å². The summed E-state index contributed by atoms with van der Waals surface area (Å²) >= 11 is 0. The van der Waals surface area contributed by atoms with E-state index in [1.165, 1.54) is 4.31 Å². The van der Waals surface area contributed by atoms with Gasteiger partial charge in [-0.25, -0.2) is 8.42 Å². The number of carboxylic acid groups (broad SMARTS) is 1. The van der Waals surface area contributed by atoms with Crippen LogP contribution in [0.25, 0.3) is 0 Å². The van der Waals surface area contributed by atoms with Gasteiger partial charge in [0, 0.05) is 12.1 Å². The summed E-state index contributed by atoms with van der Waals surface area (Å²) in [7, 11) is -3.25. The van der Waals surface area contributed by atoms with E-state index in [4.69, 9.17) is 5.11 Å². The molecule has 0 aromatic rings. The Kier molecular flexibility index (Phi) is 2.90. The van der Waals surface area contributed by atoms with Crippen LogP contribution in [-0.2, 0) is 14.8 Å². The van der Waals surface area contributed by atoms with Crippen LogP contribution < -0.4 is 0 Å². The molecule has 3 aliphatic rings. The number of fused-ring (bicyclic) bond motifs is 2. The molecule has 0 aromatic heterocycles. The summed E-state index contributed by atoms with van der Waals surface area (Å²) in [5, 5.41) is 9.13. The topological polar surface area (TPSA) is 74.7 Å². The van der Waals surface area contributed by atoms with Crippen molar-refractivity contribution >= 4 is 16.0 Å². The lowest BCUT2D eigenvalue weighted by Crippen LogP contribution is -2.39. The molecule has 0 radical (unpaired) electrons. The van der Waals surface area contributed by atoms with Crippen molar-refractivity contribution in [1.82, 2.24) is 4.31 Å². The molecule has 3 rings (SSSR count). The number of hydrogen-bond acceptors (Lipinski definition) is 3. The highest BCUT2D eigenvalue weighted by atomic mass is 32.2. The lowest BCUT2D eigenvalue weighted by atomic mass is 9.89. The van der Waals surface area contributed by atoms with Crippen LogP contribution in [0.3, 0.4) is 0 Å². The summed E-state index contributed by atoms with van der Waals surface area (Å²) in [6, 6.07) is -0.336. The van der Waals surface area contributed by atoms with Gasteiger partial charge >= 0.3 is 5.97 Å². The van der Waals surface area contributed by atoms with Crippen LogP contribution in [0.2, 0.25) is 0 Å². The molecule has 2 bridgehead atoms. The van der Waals surface area contributed by atoms with Gasteiger partial charge in [-0.15, -0.1) is 0 Å². The summed E-state index contributed by atoms with van der Waals surface area (Å²) < 4.78 is 26.2. The molecule has 3 unspecified atom stereocenters. The van der Waals surface area contributed by atoms with Gasteiger partial charge in [-0.05, 0) is 31.6 Å². The second kappa shape index (κ2) is 4.20. The van der Waals surface area contributed by atoms with Gasteiger partial charge in [0.05, 0.1) is 11.7 Å². The molecule has 0 aromatic carbocycles. The molecule has 3 atom stereocenters. The highest BCUT2D eigenvalue weighted by Crippen LogP contribution is 2.44. The average Bonchev–Trinajstić information content (AvgIpc) is 2.95. The van der Waals surface area contributed by atoms with Crippen LogP contribution in [0.4, 0.5) is 0 Å². The number of hydrogen-bond donors (Lipinski definition) is 1. The maximum Gasteiger partial charge on any atom is 0.308 e. The Labute approximate surface area is 107 Å². The van der Waals surface area contributed by atoms with E-state index in [1.54, 1.807) is 0 Å². The Morgan fingerprint density at radius 2 is 1.94 bits per heavy atom. The standard InChI is InChI=1S/C12H19NO4S/c14-12(15)10-7-9-3-4-11(10)13(9)18(16,17)6-5-8-1-2-8/h8-11H,1-7H2,(H,14,15). The monoisotopic (exact) mass is 273 g/mol. The first-order chi connectivity index (χ1) is 8.49. The van der Waals surface area contributed by atoms with Gasteiger partial charge in [-0.1, -0.05) is 12.8 Å². The van der Waals surface area contributed by atoms with Gasteiger partial charge in [-0.3, -0.25) is 4.79 Å². The lowest BCUT2D eigenvalue weighted by molar-refractivity contribution is -0.142. The number of nitrogens with zero attached hydrogens (tertiary/aromatic N) is 1. The Morgan fingerprint density at radius 1 is 1.22 bits per heavy atom. The maximum atomic E-state index is 12.3. The highest BCUT2D eigenvalue weighted by molar-refractivity contribution is 7.89. The number of rotatable bonds is 5. The van der Waals surface area contributed by atoms with E-state index in [9.17, 15) is 13.2 Å². The summed E-state index contributed by atoms with van der Waals surface area (Å²) in [6.45, 7) is 0. The first-order valence-corrected chi connectivity index (χ1v) is 8.34. The first-order valence-electron chi connectivity index (χ1n) is 6.73. The molecule has 18 heavy (non-hydrogen) atoms. The summed E-state index contributed by atoms with van der Waals surface area (Å²) in [4.78, 5) is 11.1. The lowest BCUT2D eigenvalue weighted by Gasteiger charge is -2.22. The Balaban J connectivity index is 1.73. The van der Waals surface area contributed by atoms with E-state index in [0.717, 1.165) is 25.7 Å². The second-order valence-electron chi connectivity index (χ2n) is 5.86. The fourth-order valence-electron chi connectivity index (χ4n) is 3.47. The van der Waals surface area contributed by atoms with Crippen molar-refractivity contribution in [1.29, 1.82) is 0 Å². The molecule has 0 spiro atoms. The molecule has 2 heterocycles. The van der Waals surface area contributed by atoms with Crippen molar-refractivity contribution in [3.8, 4) is 0 Å². The van der Waals surface area contributed by atoms with Crippen molar-refractivity contribution in [3.63, 3.8) is 0 Å². The maximum absolute atomic E-state index is 12.3. The van der Waals surface area contributed by atoms with Crippen LogP contribution in [0.15, 0.2) is 0 Å². The molecular weight excluding hydrogens is 254 g/mol. The van der Waals surface area contributed by atoms with Gasteiger partial charge in [-0.2, -0.15) is 4.31 Å². The molecule has 102 valence electrons. The van der Waals surface area contributed by atoms with Crippen LogP contribution in [0.1, 0.15) is 38.5 Å². The quantitative estimate of drug-likeness (QED) is 0.812. The van der Waals surface area contributed by atoms with Crippen LogP contribution in [0.5, 0.6) is 0 Å². The molecular formula is C12H19NO4S. The number of sulfonamides is 1. The average molecular weight is 273 g/mol. The van der Waals surface area contributed by atoms with E-state index in [-0.39, 0.29) is 17.8 Å². The predicted molar refractivity (Wildman–Crippen MR) is 65.5 cm³/mol. The first kappa shape index (κ1) is 12.4. The Bertz CT molecular complexity index is 457. The van der Waals surface area contributed by atoms with Gasteiger partial charge in [0.1, 0.15) is 0 Å². The summed E-state index contributed by atoms with van der Waals surface area (Å²) in [5.41, 5.74) is 0. The molecule has 6 heteroatoms. The zero-order chi connectivity index (χ0) is 12.9. The van der Waals surface area contributed by atoms with Crippen LogP contribution in [0, 0.1) is 11.8 Å². The Hall–Kier alpha value is -0.620. The Morgan fingerprint density at radius 3 is 2.50 bits per heavy atom. The van der Waals surface area contributed by atoms with Crippen molar-refractivity contribution in [2.45, 2.75) is 50.6 Å². The largest absolute Gasteiger partial charge is 0.481 e. The zero-order valence-electron chi connectivity index (χ0n) is 10.3. The van der Waals surface area contributed by atoms with Crippen molar-refractivity contribution in [2.24, 2.45) is 11.8 Å². The summed E-state index contributed by atoms with van der Waals surface area (Å²) in [5.74, 6) is -0.531. The molecule has 1 N–H and O–H groups in total. The van der Waals surface area contributed by atoms with Crippen molar-refractivity contribution in [3.05, 3.63) is 0 Å². The zero-order valence-corrected chi connectivity index (χ0v) is 11.1. The van der Waals surface area contributed by atoms with Crippen LogP contribution >= 0.6 is 0 Å². The van der Waals surface area contributed by atoms with Crippen molar-refractivity contribution in [2.75, 3.05) is 5.75 Å². The minimum Gasteiger partial charge on any atom is -0.481 e. The van der Waals surface area contributed by atoms with Crippen LogP contribution in [-0.4, -0.2) is 41.6 Å². The summed E-state index contributed by atoms with van der Waals surface area (Å²) in [6.07, 6.45) is 5.10. The smallest absolute Gasteiger partial charge is 0.308 e. The van der Waals surface area contributed by atoms with E-state index in [0.29, 0.717) is 18.8 Å². The number of carboxylic acids is 1. The second-order valence-corrected chi connectivity index (χ2v) is 7.85. The fraction of sp³-hybridized carbons (Fsp3) is 0.917. The number of aliphatic carboxylic acids is 1. The SMILES string of the molecule is O=C(O)C1CC2CCC1N2S(=O)(=O)CCC1CC1. The normalized spacial score (nSPS) is 36.1. The molecule has 3 fully saturated rings. The van der Waals surface area contributed by atoms with Gasteiger partial charge in [0.2, 0.25) is 10.0 Å². The third-order valence-corrected chi connectivity index (χ3v) is 6.56.